The molecule has 572 valence electrons. The van der Waals surface area contributed by atoms with Gasteiger partial charge in [-0.15, -0.1) is 0 Å². The predicted molar refractivity (Wildman–Crippen MR) is 387 cm³/mol. The number of halogens is 1. The molecule has 4 aromatic carbocycles. The SMILES string of the molecule is CCc1cc(OC)ccc1-c1ccc(C[C@H](NC(=O)[C@H](CC(=O)O)NC(=O)[C@H](CO)NC(=O)[C@@H](NC(=O)[C@](C)(Cc2ccccc2F)NC(=O)[C@H]2CCSSCC[C@@H](NC(=O)[C@@H](N)Cc3cnc[nH]3)C(=O)N[C@@H](CCC(=O)O)C(=O)NCC(=O)N2)[C@@H](C)O)C(=O)N[C@@H](CCCc2ccccc2)C(N)=O)cc1. The average molecular weight is 1510 g/mol. The number of benzene rings is 4. The number of aliphatic carboxylic acids is 2. The van der Waals surface area contributed by atoms with Crippen molar-refractivity contribution in [3.05, 3.63) is 143 Å². The van der Waals surface area contributed by atoms with E-state index in [1.54, 1.807) is 37.4 Å². The van der Waals surface area contributed by atoms with Gasteiger partial charge in [0.25, 0.3) is 0 Å². The van der Waals surface area contributed by atoms with Crippen LogP contribution in [0.4, 0.5) is 4.39 Å². The Kier molecular flexibility index (Phi) is 33.3. The third-order valence-corrected chi connectivity index (χ3v) is 19.6. The van der Waals surface area contributed by atoms with Crippen molar-refractivity contribution in [3.63, 3.8) is 0 Å². The molecule has 1 aromatic heterocycles. The second kappa shape index (κ2) is 41.9. The van der Waals surface area contributed by atoms with Crippen LogP contribution in [0.25, 0.3) is 11.1 Å². The zero-order valence-corrected chi connectivity index (χ0v) is 60.4. The zero-order valence-electron chi connectivity index (χ0n) is 58.8. The fourth-order valence-electron chi connectivity index (χ4n) is 11.2. The van der Waals surface area contributed by atoms with Crippen molar-refractivity contribution in [1.82, 2.24) is 63.1 Å². The molecular weight excluding hydrogens is 1420 g/mol. The standard InChI is InChI=1S/C71H91FN14O18S2/c1-5-42-31-46(104-4)22-23-47(42)43-20-18-41(19-21-43)30-54(65(98)79-50(61(74)94)17-11-14-40-12-7-6-8-13-40)82-66(99)55(33-59(92)93)83-67(100)56(37-87)84-69(102)60(39(2)88)85-70(103)71(3,34-44-15-9-10-16-48(44)72)86-68(101)53-27-29-106-105-28-26-52(80-62(95)49(73)32-45-35-75-38-77-45)64(97)81-51(24-25-58(90)91)63(96)76-36-57(89)78-53/h6-10,12-13,15-16,18-23,31,35,38-39,49-56,60,87-88H,5,11,14,17,24-30,32-34,36-37,73H2,1-4H3,(H2,74,94)(H,75,77)(H,76,96)(H,78,89)(H,79,98)(H,80,95)(H,81,97)(H,82,99)(H,83,100)(H,84,102)(H,85,103)(H,86,101)(H,90,91)(H,92,93)/t39-,49+,50+,51+,52-,53-,54+,55+,56+,60+,71+/m1/s1. The molecule has 1 saturated heterocycles. The molecule has 0 radical (unpaired) electrons. The molecular formula is C71H91FN14O18S2. The van der Waals surface area contributed by atoms with E-state index in [1.807, 2.05) is 49.4 Å². The summed E-state index contributed by atoms with van der Waals surface area (Å²) >= 11 is 0. The molecule has 11 atom stereocenters. The van der Waals surface area contributed by atoms with Crippen LogP contribution in [-0.4, -0.2) is 205 Å². The van der Waals surface area contributed by atoms with Crippen molar-refractivity contribution in [3.8, 4) is 16.9 Å². The van der Waals surface area contributed by atoms with Gasteiger partial charge in [-0.3, -0.25) is 62.3 Å². The van der Waals surface area contributed by atoms with Crippen molar-refractivity contribution in [1.29, 1.82) is 0 Å². The Morgan fingerprint density at radius 3 is 2.03 bits per heavy atom. The number of nitrogens with two attached hydrogens (primary N) is 2. The second-order valence-corrected chi connectivity index (χ2v) is 28.1. The number of aromatic amines is 1. The third kappa shape index (κ3) is 26.6. The fourth-order valence-corrected chi connectivity index (χ4v) is 13.4. The third-order valence-electron chi connectivity index (χ3n) is 17.2. The normalized spacial score (nSPS) is 17.7. The highest BCUT2D eigenvalue weighted by molar-refractivity contribution is 8.76. The molecule has 0 bridgehead atoms. The highest BCUT2D eigenvalue weighted by Gasteiger charge is 2.42. The lowest BCUT2D eigenvalue weighted by molar-refractivity contribution is -0.142. The molecule has 2 heterocycles. The fraction of sp³-hybridized carbons (Fsp3) is 0.437. The predicted octanol–water partition coefficient (Wildman–Crippen LogP) is -0.593. The number of aliphatic hydroxyl groups excluding tert-OH is 2. The van der Waals surface area contributed by atoms with Gasteiger partial charge in [0.05, 0.1) is 45.2 Å². The maximum atomic E-state index is 15.6. The molecule has 0 spiro atoms. The van der Waals surface area contributed by atoms with Gasteiger partial charge in [-0.25, -0.2) is 9.37 Å². The molecule has 11 amide bonds. The number of carboxylic acids is 2. The number of carbonyl (C=O) groups is 13. The minimum Gasteiger partial charge on any atom is -0.497 e. The van der Waals surface area contributed by atoms with Gasteiger partial charge in [-0.1, -0.05) is 107 Å². The number of aryl methyl sites for hydroxylation is 2. The highest BCUT2D eigenvalue weighted by atomic mass is 33.1. The first kappa shape index (κ1) is 84.4. The summed E-state index contributed by atoms with van der Waals surface area (Å²) < 4.78 is 21.0. The maximum absolute atomic E-state index is 15.6. The van der Waals surface area contributed by atoms with E-state index < -0.39 is 188 Å². The second-order valence-electron chi connectivity index (χ2n) is 25.4. The van der Waals surface area contributed by atoms with Gasteiger partial charge in [0.15, 0.2) is 0 Å². The lowest BCUT2D eigenvalue weighted by Gasteiger charge is -2.34. The van der Waals surface area contributed by atoms with E-state index in [-0.39, 0.29) is 49.2 Å². The first-order chi connectivity index (χ1) is 50.5. The summed E-state index contributed by atoms with van der Waals surface area (Å²) in [6.07, 6.45) is -0.757. The van der Waals surface area contributed by atoms with Gasteiger partial charge in [0.2, 0.25) is 65.0 Å². The van der Waals surface area contributed by atoms with E-state index in [9.17, 15) is 82.8 Å². The van der Waals surface area contributed by atoms with Crippen LogP contribution in [0.15, 0.2) is 110 Å². The number of aromatic nitrogens is 2. The summed E-state index contributed by atoms with van der Waals surface area (Å²) in [7, 11) is 3.90. The number of nitrogens with zero attached hydrogens (tertiary/aromatic N) is 1. The summed E-state index contributed by atoms with van der Waals surface area (Å²) in [5, 5.41) is 65.4. The molecule has 1 fully saturated rings. The van der Waals surface area contributed by atoms with Crippen LogP contribution in [0.5, 0.6) is 5.75 Å². The molecule has 32 nitrogen and oxygen atoms in total. The number of nitrogens with one attached hydrogen (secondary N) is 11. The van der Waals surface area contributed by atoms with E-state index in [1.165, 1.54) is 52.3 Å². The van der Waals surface area contributed by atoms with E-state index in [0.717, 1.165) is 42.2 Å². The van der Waals surface area contributed by atoms with Crippen LogP contribution in [0.3, 0.4) is 0 Å². The van der Waals surface area contributed by atoms with Crippen LogP contribution in [0.2, 0.25) is 0 Å². The number of hydrogen-bond acceptors (Lipinski definition) is 20. The molecule has 1 aliphatic heterocycles. The van der Waals surface area contributed by atoms with Crippen molar-refractivity contribution >= 4 is 98.5 Å². The van der Waals surface area contributed by atoms with E-state index >= 15 is 4.39 Å². The molecule has 1 aliphatic rings. The van der Waals surface area contributed by atoms with Crippen LogP contribution in [0.1, 0.15) is 93.7 Å². The van der Waals surface area contributed by atoms with Crippen LogP contribution >= 0.6 is 21.6 Å². The number of imidazole rings is 1. The van der Waals surface area contributed by atoms with Gasteiger partial charge in [-0.2, -0.15) is 0 Å². The molecule has 0 aliphatic carbocycles. The smallest absolute Gasteiger partial charge is 0.305 e. The minimum absolute atomic E-state index is 0.0128. The minimum atomic E-state index is -2.32. The number of carbonyl (C=O) groups excluding carboxylic acids is 11. The van der Waals surface area contributed by atoms with Crippen molar-refractivity contribution in [2.75, 3.05) is 31.8 Å². The lowest BCUT2D eigenvalue weighted by Crippen LogP contribution is -2.66. The number of primary amides is 1. The quantitative estimate of drug-likeness (QED) is 0.0225. The van der Waals surface area contributed by atoms with Gasteiger partial charge in [0.1, 0.15) is 65.4 Å². The number of hydrogen-bond donors (Lipinski definition) is 17. The summed E-state index contributed by atoms with van der Waals surface area (Å²) in [5.41, 5.74) is 14.1. The Morgan fingerprint density at radius 1 is 0.745 bits per heavy atom. The number of methoxy groups -OCH3 is 1. The molecule has 35 heteroatoms. The number of ether oxygens (including phenoxy) is 1. The van der Waals surface area contributed by atoms with Crippen molar-refractivity contribution in [2.24, 2.45) is 11.5 Å². The number of aliphatic hydroxyl groups is 2. The molecule has 0 saturated carbocycles. The van der Waals surface area contributed by atoms with Gasteiger partial charge >= 0.3 is 11.9 Å². The van der Waals surface area contributed by atoms with Crippen LogP contribution < -0.4 is 69.4 Å². The van der Waals surface area contributed by atoms with Crippen LogP contribution in [0, 0.1) is 5.82 Å². The summed E-state index contributed by atoms with van der Waals surface area (Å²) in [5.74, 6) is -14.7. The molecule has 0 unspecified atom stereocenters. The molecule has 5 aromatic rings. The Bertz CT molecular complexity index is 3880. The zero-order chi connectivity index (χ0) is 77.6. The first-order valence-electron chi connectivity index (χ1n) is 34.1. The van der Waals surface area contributed by atoms with Crippen molar-refractivity contribution in [2.45, 2.75) is 164 Å². The Hall–Kier alpha value is -10.5. The average Bonchev–Trinajstić information content (AvgIpc) is 0.848. The summed E-state index contributed by atoms with van der Waals surface area (Å²) in [4.78, 5) is 185. The number of amides is 11. The number of H-pyrrole nitrogens is 1. The van der Waals surface area contributed by atoms with Gasteiger partial charge < -0.3 is 94.8 Å². The van der Waals surface area contributed by atoms with E-state index in [4.69, 9.17) is 16.2 Å². The van der Waals surface area contributed by atoms with E-state index in [2.05, 4.69) is 63.1 Å². The Labute approximate surface area is 618 Å². The summed E-state index contributed by atoms with van der Waals surface area (Å²) in [6.45, 7) is 2.04. The topological polar surface area (TPSA) is 513 Å². The largest absolute Gasteiger partial charge is 0.497 e. The Morgan fingerprint density at radius 2 is 1.40 bits per heavy atom. The first-order valence-corrected chi connectivity index (χ1v) is 36.5. The monoisotopic (exact) mass is 1510 g/mol. The number of carboxylic acid groups (broad SMARTS) is 2. The van der Waals surface area contributed by atoms with E-state index in [0.29, 0.717) is 36.3 Å². The van der Waals surface area contributed by atoms with Gasteiger partial charge in [-0.05, 0) is 110 Å². The molecule has 6 rings (SSSR count). The highest BCUT2D eigenvalue weighted by Crippen LogP contribution is 2.29. The molecule has 19 N–H and O–H groups in total. The molecule has 106 heavy (non-hydrogen) atoms. The van der Waals surface area contributed by atoms with Gasteiger partial charge in [0, 0.05) is 49.1 Å². The Balaban J connectivity index is 1.20. The number of rotatable bonds is 35. The maximum Gasteiger partial charge on any atom is 0.305 e. The van der Waals surface area contributed by atoms with Crippen LogP contribution in [-0.2, 0) is 94.4 Å². The van der Waals surface area contributed by atoms with Crippen molar-refractivity contribution < 1.29 is 91.9 Å². The summed E-state index contributed by atoms with van der Waals surface area (Å²) in [6, 6.07) is 12.4. The lowest BCUT2D eigenvalue weighted by atomic mass is 9.90.